The number of ether oxygens (including phenoxy) is 2. The lowest BCUT2D eigenvalue weighted by atomic mass is 10.0. The highest BCUT2D eigenvalue weighted by atomic mass is 35.5. The van der Waals surface area contributed by atoms with Crippen molar-refractivity contribution in [3.63, 3.8) is 0 Å². The van der Waals surface area contributed by atoms with Crippen molar-refractivity contribution in [1.82, 2.24) is 0 Å². The topological polar surface area (TPSA) is 108 Å². The van der Waals surface area contributed by atoms with Crippen LogP contribution in [0.2, 0.25) is 10.0 Å². The number of nitrogens with two attached hydrogens (primary N) is 1. The summed E-state index contributed by atoms with van der Waals surface area (Å²) in [5, 5.41) is 5.37. The molecular weight excluding hydrogens is 463 g/mol. The van der Waals surface area contributed by atoms with Crippen LogP contribution in [-0.4, -0.2) is 31.5 Å². The summed E-state index contributed by atoms with van der Waals surface area (Å²) in [6.45, 7) is -0.429. The van der Waals surface area contributed by atoms with Crippen molar-refractivity contribution in [3.05, 3.63) is 69.0 Å². The highest BCUT2D eigenvalue weighted by molar-refractivity contribution is 7.15. The summed E-state index contributed by atoms with van der Waals surface area (Å²) in [4.78, 5) is 36.4. The molecule has 0 bridgehead atoms. The summed E-state index contributed by atoms with van der Waals surface area (Å²) in [5.74, 6) is -1.80. The molecule has 1 heterocycles. The molecule has 0 aliphatic heterocycles. The molecule has 3 rings (SSSR count). The van der Waals surface area contributed by atoms with Crippen LogP contribution < -0.4 is 15.8 Å². The molecule has 2 amide bonds. The first kappa shape index (κ1) is 22.6. The molecule has 7 nitrogen and oxygen atoms in total. The van der Waals surface area contributed by atoms with E-state index in [4.69, 9.17) is 38.4 Å². The van der Waals surface area contributed by atoms with Crippen LogP contribution >= 0.6 is 34.5 Å². The molecule has 160 valence electrons. The number of benzene rings is 2. The molecule has 3 aromatic rings. The predicted molar refractivity (Wildman–Crippen MR) is 120 cm³/mol. The number of amides is 2. The van der Waals surface area contributed by atoms with E-state index in [-0.39, 0.29) is 21.9 Å². The van der Waals surface area contributed by atoms with Gasteiger partial charge in [0.1, 0.15) is 16.3 Å². The molecule has 0 saturated carbocycles. The number of hydrogen-bond acceptors (Lipinski definition) is 6. The number of primary amides is 1. The first-order valence-electron chi connectivity index (χ1n) is 8.78. The molecule has 0 atom stereocenters. The minimum absolute atomic E-state index is 0.0488. The third-order valence-electron chi connectivity index (χ3n) is 4.16. The average molecular weight is 479 g/mol. The van der Waals surface area contributed by atoms with Gasteiger partial charge in [0.25, 0.3) is 11.8 Å². The van der Waals surface area contributed by atoms with Crippen molar-refractivity contribution < 1.29 is 23.9 Å². The summed E-state index contributed by atoms with van der Waals surface area (Å²) in [6.07, 6.45) is 0. The number of nitrogens with one attached hydrogen (secondary N) is 1. The van der Waals surface area contributed by atoms with Gasteiger partial charge in [0.2, 0.25) is 0 Å². The Balaban J connectivity index is 1.82. The van der Waals surface area contributed by atoms with Crippen LogP contribution in [0.3, 0.4) is 0 Å². The van der Waals surface area contributed by atoms with Crippen LogP contribution in [0.1, 0.15) is 20.7 Å². The minimum Gasteiger partial charge on any atom is -0.483 e. The number of thiophene rings is 1. The molecule has 0 radical (unpaired) electrons. The second-order valence-electron chi connectivity index (χ2n) is 6.17. The quantitative estimate of drug-likeness (QED) is 0.481. The molecule has 0 spiro atoms. The Morgan fingerprint density at radius 3 is 2.52 bits per heavy atom. The zero-order chi connectivity index (χ0) is 22.5. The first-order chi connectivity index (χ1) is 14.8. The van der Waals surface area contributed by atoms with E-state index < -0.39 is 24.4 Å². The van der Waals surface area contributed by atoms with Crippen molar-refractivity contribution in [3.8, 4) is 16.9 Å². The number of methoxy groups -OCH3 is 1. The van der Waals surface area contributed by atoms with Gasteiger partial charge in [-0.25, -0.2) is 4.79 Å². The van der Waals surface area contributed by atoms with Crippen molar-refractivity contribution >= 4 is 57.3 Å². The molecule has 10 heteroatoms. The maximum atomic E-state index is 12.5. The van der Waals surface area contributed by atoms with Crippen LogP contribution in [0.4, 0.5) is 5.00 Å². The maximum Gasteiger partial charge on any atom is 0.341 e. The third-order valence-corrected chi connectivity index (χ3v) is 5.62. The Kier molecular flexibility index (Phi) is 7.17. The predicted octanol–water partition coefficient (Wildman–Crippen LogP) is 4.62. The van der Waals surface area contributed by atoms with Gasteiger partial charge < -0.3 is 20.5 Å². The van der Waals surface area contributed by atoms with E-state index in [0.717, 1.165) is 11.3 Å². The average Bonchev–Trinajstić information content (AvgIpc) is 3.15. The third kappa shape index (κ3) is 5.16. The molecule has 1 aromatic heterocycles. The zero-order valence-electron chi connectivity index (χ0n) is 16.1. The lowest BCUT2D eigenvalue weighted by Crippen LogP contribution is -2.22. The van der Waals surface area contributed by atoms with E-state index >= 15 is 0 Å². The van der Waals surface area contributed by atoms with E-state index in [0.29, 0.717) is 21.2 Å². The van der Waals surface area contributed by atoms with Gasteiger partial charge in [-0.2, -0.15) is 0 Å². The summed E-state index contributed by atoms with van der Waals surface area (Å²) in [6, 6.07) is 11.3. The molecule has 31 heavy (non-hydrogen) atoms. The summed E-state index contributed by atoms with van der Waals surface area (Å²) in [7, 11) is 1.25. The summed E-state index contributed by atoms with van der Waals surface area (Å²) < 4.78 is 10.3. The Labute approximate surface area is 191 Å². The highest BCUT2D eigenvalue weighted by Crippen LogP contribution is 2.39. The molecule has 0 aliphatic rings. The zero-order valence-corrected chi connectivity index (χ0v) is 18.4. The second-order valence-corrected chi connectivity index (χ2v) is 7.89. The molecule has 0 fully saturated rings. The SMILES string of the molecule is COC(=O)c1c(-c2ccccc2Cl)csc1NC(=O)COc1ccc(Cl)cc1C(N)=O. The van der Waals surface area contributed by atoms with Gasteiger partial charge in [-0.3, -0.25) is 9.59 Å². The Morgan fingerprint density at radius 2 is 1.84 bits per heavy atom. The summed E-state index contributed by atoms with van der Waals surface area (Å²) >= 11 is 13.3. The first-order valence-corrected chi connectivity index (χ1v) is 10.4. The Morgan fingerprint density at radius 1 is 1.10 bits per heavy atom. The van der Waals surface area contributed by atoms with Gasteiger partial charge in [0, 0.05) is 26.6 Å². The van der Waals surface area contributed by atoms with Gasteiger partial charge in [-0.1, -0.05) is 41.4 Å². The van der Waals surface area contributed by atoms with Crippen LogP contribution in [0.5, 0.6) is 5.75 Å². The van der Waals surface area contributed by atoms with Gasteiger partial charge in [0.15, 0.2) is 6.61 Å². The van der Waals surface area contributed by atoms with E-state index in [1.807, 2.05) is 0 Å². The number of esters is 1. The number of rotatable bonds is 7. The fraction of sp³-hybridized carbons (Fsp3) is 0.0952. The highest BCUT2D eigenvalue weighted by Gasteiger charge is 2.23. The molecule has 2 aromatic carbocycles. The molecular formula is C21H16Cl2N2O5S. The van der Waals surface area contributed by atoms with E-state index in [1.165, 1.54) is 25.3 Å². The largest absolute Gasteiger partial charge is 0.483 e. The number of hydrogen-bond donors (Lipinski definition) is 2. The normalized spacial score (nSPS) is 10.4. The van der Waals surface area contributed by atoms with Gasteiger partial charge in [-0.05, 0) is 24.3 Å². The number of anilines is 1. The van der Waals surface area contributed by atoms with Crippen LogP contribution in [0.15, 0.2) is 47.8 Å². The lowest BCUT2D eigenvalue weighted by molar-refractivity contribution is -0.118. The second kappa shape index (κ2) is 9.82. The van der Waals surface area contributed by atoms with Gasteiger partial charge in [-0.15, -0.1) is 11.3 Å². The number of carbonyl (C=O) groups is 3. The Bertz CT molecular complexity index is 1160. The van der Waals surface area contributed by atoms with Gasteiger partial charge >= 0.3 is 5.97 Å². The van der Waals surface area contributed by atoms with Crippen molar-refractivity contribution in [2.45, 2.75) is 0 Å². The lowest BCUT2D eigenvalue weighted by Gasteiger charge is -2.11. The molecule has 3 N–H and O–H groups in total. The van der Waals surface area contributed by atoms with E-state index in [9.17, 15) is 14.4 Å². The van der Waals surface area contributed by atoms with E-state index in [2.05, 4.69) is 5.32 Å². The van der Waals surface area contributed by atoms with Crippen LogP contribution in [0, 0.1) is 0 Å². The molecule has 0 unspecified atom stereocenters. The van der Waals surface area contributed by atoms with Crippen molar-refractivity contribution in [2.24, 2.45) is 5.73 Å². The summed E-state index contributed by atoms with van der Waals surface area (Å²) in [5.41, 5.74) is 6.71. The fourth-order valence-corrected chi connectivity index (χ4v) is 4.13. The fourth-order valence-electron chi connectivity index (χ4n) is 2.76. The molecule has 0 saturated heterocycles. The number of halogens is 2. The monoisotopic (exact) mass is 478 g/mol. The number of carbonyl (C=O) groups excluding carboxylic acids is 3. The smallest absolute Gasteiger partial charge is 0.341 e. The van der Waals surface area contributed by atoms with Crippen LogP contribution in [-0.2, 0) is 9.53 Å². The van der Waals surface area contributed by atoms with Crippen molar-refractivity contribution in [1.29, 1.82) is 0 Å². The maximum absolute atomic E-state index is 12.5. The minimum atomic E-state index is -0.742. The standard InChI is InChI=1S/C21H16Cl2N2O5S/c1-29-21(28)18-14(12-4-2-3-5-15(12)23)10-31-20(18)25-17(26)9-30-16-7-6-11(22)8-13(16)19(24)27/h2-8,10H,9H2,1H3,(H2,24,27)(H,25,26). The van der Waals surface area contributed by atoms with Crippen LogP contribution in [0.25, 0.3) is 11.1 Å². The Hall–Kier alpha value is -3.07. The van der Waals surface area contributed by atoms with Crippen molar-refractivity contribution in [2.75, 3.05) is 19.0 Å². The molecule has 0 aliphatic carbocycles. The van der Waals surface area contributed by atoms with E-state index in [1.54, 1.807) is 29.6 Å². The van der Waals surface area contributed by atoms with Gasteiger partial charge in [0.05, 0.1) is 12.7 Å².